The molecular formula is C10H10F12O. The van der Waals surface area contributed by atoms with Crippen molar-refractivity contribution in [2.45, 2.75) is 56.0 Å². The zero-order chi connectivity index (χ0) is 18.9. The van der Waals surface area contributed by atoms with Crippen molar-refractivity contribution in [3.05, 3.63) is 0 Å². The summed E-state index contributed by atoms with van der Waals surface area (Å²) < 4.78 is 155. The van der Waals surface area contributed by atoms with Crippen LogP contribution in [0.15, 0.2) is 0 Å². The zero-order valence-electron chi connectivity index (χ0n) is 11.1. The molecule has 0 bridgehead atoms. The zero-order valence-corrected chi connectivity index (χ0v) is 11.1. The molecule has 1 nitrogen and oxygen atoms in total. The average Bonchev–Trinajstić information content (AvgIpc) is 2.34. The van der Waals surface area contributed by atoms with Gasteiger partial charge < -0.3 is 4.74 Å². The highest BCUT2D eigenvalue weighted by Crippen LogP contribution is 2.60. The minimum Gasteiger partial charge on any atom is -0.337 e. The standard InChI is InChI=1S/C10H10F12O/c1-2-3-4-23-6(13,5(11)12)8(15,16)7(14,9(17,18)19)10(20,21)22/h5H,2-4H2,1H3. The number of rotatable bonds is 7. The van der Waals surface area contributed by atoms with Crippen molar-refractivity contribution in [3.8, 4) is 0 Å². The maximum Gasteiger partial charge on any atom is 0.438 e. The van der Waals surface area contributed by atoms with Crippen molar-refractivity contribution in [1.29, 1.82) is 0 Å². The maximum atomic E-state index is 13.6. The summed E-state index contributed by atoms with van der Waals surface area (Å²) in [5, 5.41) is 0. The number of hydrogen-bond acceptors (Lipinski definition) is 1. The summed E-state index contributed by atoms with van der Waals surface area (Å²) in [4.78, 5) is 0. The van der Waals surface area contributed by atoms with Gasteiger partial charge in [0, 0.05) is 0 Å². The molecule has 0 aromatic carbocycles. The second kappa shape index (κ2) is 6.55. The van der Waals surface area contributed by atoms with Gasteiger partial charge in [-0.1, -0.05) is 13.3 Å². The van der Waals surface area contributed by atoms with Crippen LogP contribution >= 0.6 is 0 Å². The first-order valence-electron chi connectivity index (χ1n) is 5.81. The first kappa shape index (κ1) is 22.1. The van der Waals surface area contributed by atoms with Gasteiger partial charge in [-0.15, -0.1) is 0 Å². The second-order valence-corrected chi connectivity index (χ2v) is 4.38. The summed E-state index contributed by atoms with van der Waals surface area (Å²) in [5.74, 6) is -13.4. The van der Waals surface area contributed by atoms with Crippen LogP contribution in [0.25, 0.3) is 0 Å². The van der Waals surface area contributed by atoms with E-state index in [-0.39, 0.29) is 6.42 Å². The summed E-state index contributed by atoms with van der Waals surface area (Å²) in [6, 6.07) is 0. The van der Waals surface area contributed by atoms with Gasteiger partial charge in [-0.05, 0) is 6.42 Å². The number of hydrogen-bond donors (Lipinski definition) is 0. The Balaban J connectivity index is 6.19. The highest BCUT2D eigenvalue weighted by Gasteiger charge is 2.91. The predicted octanol–water partition coefficient (Wildman–Crippen LogP) is 5.20. The molecule has 23 heavy (non-hydrogen) atoms. The number of ether oxygens (including phenoxy) is 1. The molecule has 1 unspecified atom stereocenters. The molecule has 0 saturated carbocycles. The quantitative estimate of drug-likeness (QED) is 0.440. The molecule has 0 aromatic heterocycles. The lowest BCUT2D eigenvalue weighted by Gasteiger charge is -2.42. The van der Waals surface area contributed by atoms with Crippen LogP contribution in [0.2, 0.25) is 0 Å². The smallest absolute Gasteiger partial charge is 0.337 e. The van der Waals surface area contributed by atoms with Crippen LogP contribution in [0, 0.1) is 0 Å². The van der Waals surface area contributed by atoms with Crippen molar-refractivity contribution in [3.63, 3.8) is 0 Å². The van der Waals surface area contributed by atoms with E-state index < -0.39 is 49.3 Å². The molecule has 0 N–H and O–H groups in total. The van der Waals surface area contributed by atoms with Crippen LogP contribution in [-0.2, 0) is 4.74 Å². The Labute approximate surface area is 121 Å². The molecule has 0 spiro atoms. The molecule has 0 heterocycles. The van der Waals surface area contributed by atoms with Crippen LogP contribution in [0.3, 0.4) is 0 Å². The molecule has 0 amide bonds. The fourth-order valence-corrected chi connectivity index (χ4v) is 1.41. The predicted molar refractivity (Wildman–Crippen MR) is 51.6 cm³/mol. The van der Waals surface area contributed by atoms with Gasteiger partial charge in [0.1, 0.15) is 0 Å². The third-order valence-electron chi connectivity index (χ3n) is 2.73. The maximum absolute atomic E-state index is 13.6. The van der Waals surface area contributed by atoms with Crippen molar-refractivity contribution < 1.29 is 57.4 Å². The van der Waals surface area contributed by atoms with E-state index in [1.807, 2.05) is 0 Å². The molecule has 0 rings (SSSR count). The molecule has 1 atom stereocenters. The van der Waals surface area contributed by atoms with Crippen molar-refractivity contribution in [1.82, 2.24) is 0 Å². The summed E-state index contributed by atoms with van der Waals surface area (Å²) in [7, 11) is 0. The largest absolute Gasteiger partial charge is 0.438 e. The summed E-state index contributed by atoms with van der Waals surface area (Å²) in [6.07, 6.45) is -20.5. The van der Waals surface area contributed by atoms with E-state index in [0.29, 0.717) is 0 Å². The second-order valence-electron chi connectivity index (χ2n) is 4.38. The van der Waals surface area contributed by atoms with Gasteiger partial charge in [0.25, 0.3) is 0 Å². The van der Waals surface area contributed by atoms with Crippen LogP contribution in [-0.4, -0.2) is 42.8 Å². The van der Waals surface area contributed by atoms with E-state index in [9.17, 15) is 52.7 Å². The molecule has 0 aromatic rings. The first-order chi connectivity index (χ1) is 10.0. The van der Waals surface area contributed by atoms with Gasteiger partial charge in [-0.3, -0.25) is 0 Å². The van der Waals surface area contributed by atoms with Gasteiger partial charge in [0.2, 0.25) is 0 Å². The summed E-state index contributed by atoms with van der Waals surface area (Å²) >= 11 is 0. The molecular weight excluding hydrogens is 364 g/mol. The fraction of sp³-hybridized carbons (Fsp3) is 1.00. The van der Waals surface area contributed by atoms with Crippen LogP contribution in [0.5, 0.6) is 0 Å². The Morgan fingerprint density at radius 3 is 1.43 bits per heavy atom. The highest BCUT2D eigenvalue weighted by atomic mass is 19.4. The molecule has 0 radical (unpaired) electrons. The van der Waals surface area contributed by atoms with E-state index >= 15 is 0 Å². The SMILES string of the molecule is CCCCOC(F)(C(F)F)C(F)(F)C(F)(C(F)(F)F)C(F)(F)F. The van der Waals surface area contributed by atoms with Crippen molar-refractivity contribution in [2.75, 3.05) is 6.61 Å². The minimum absolute atomic E-state index is 0.00972. The first-order valence-corrected chi connectivity index (χ1v) is 5.81. The fourth-order valence-electron chi connectivity index (χ4n) is 1.41. The minimum atomic E-state index is -7.58. The lowest BCUT2D eigenvalue weighted by Crippen LogP contribution is -2.73. The van der Waals surface area contributed by atoms with Gasteiger partial charge in [0.15, 0.2) is 0 Å². The van der Waals surface area contributed by atoms with Crippen molar-refractivity contribution >= 4 is 0 Å². The van der Waals surface area contributed by atoms with Crippen LogP contribution < -0.4 is 0 Å². The number of halogens is 12. The molecule has 0 aliphatic heterocycles. The Hall–Kier alpha value is -0.880. The molecule has 0 saturated heterocycles. The Bertz CT molecular complexity index is 372. The van der Waals surface area contributed by atoms with E-state index in [4.69, 9.17) is 0 Å². The van der Waals surface area contributed by atoms with Gasteiger partial charge in [0.05, 0.1) is 6.61 Å². The average molecular weight is 374 g/mol. The molecule has 13 heteroatoms. The van der Waals surface area contributed by atoms with Crippen LogP contribution in [0.1, 0.15) is 19.8 Å². The summed E-state index contributed by atoms with van der Waals surface area (Å²) in [6.45, 7) is -0.0760. The van der Waals surface area contributed by atoms with Gasteiger partial charge >= 0.3 is 36.2 Å². The van der Waals surface area contributed by atoms with Gasteiger partial charge in [-0.25, -0.2) is 13.2 Å². The highest BCUT2D eigenvalue weighted by molar-refractivity contribution is 5.12. The number of unbranched alkanes of at least 4 members (excludes halogenated alkanes) is 1. The molecule has 140 valence electrons. The summed E-state index contributed by atoms with van der Waals surface area (Å²) in [5.41, 5.74) is -7.58. The Kier molecular flexibility index (Phi) is 6.30. The Morgan fingerprint density at radius 2 is 1.17 bits per heavy atom. The normalized spacial score (nSPS) is 17.5. The van der Waals surface area contributed by atoms with Crippen molar-refractivity contribution in [2.24, 2.45) is 0 Å². The third-order valence-corrected chi connectivity index (χ3v) is 2.73. The van der Waals surface area contributed by atoms with E-state index in [0.717, 1.165) is 0 Å². The molecule has 0 fully saturated rings. The number of alkyl halides is 12. The molecule has 0 aliphatic rings. The van der Waals surface area contributed by atoms with E-state index in [1.165, 1.54) is 6.92 Å². The lowest BCUT2D eigenvalue weighted by atomic mass is 9.90. The topological polar surface area (TPSA) is 9.23 Å². The van der Waals surface area contributed by atoms with Crippen LogP contribution in [0.4, 0.5) is 52.7 Å². The van der Waals surface area contributed by atoms with E-state index in [1.54, 1.807) is 0 Å². The monoisotopic (exact) mass is 374 g/mol. The lowest BCUT2D eigenvalue weighted by molar-refractivity contribution is -0.450. The third kappa shape index (κ3) is 3.48. The molecule has 0 aliphatic carbocycles. The van der Waals surface area contributed by atoms with E-state index in [2.05, 4.69) is 4.74 Å². The van der Waals surface area contributed by atoms with Gasteiger partial charge in [-0.2, -0.15) is 39.5 Å². The Morgan fingerprint density at radius 1 is 0.783 bits per heavy atom.